The van der Waals surface area contributed by atoms with Crippen molar-refractivity contribution in [2.75, 3.05) is 11.9 Å². The summed E-state index contributed by atoms with van der Waals surface area (Å²) in [5.74, 6) is -1.09. The molecule has 0 bridgehead atoms. The Morgan fingerprint density at radius 1 is 1.00 bits per heavy atom. The second kappa shape index (κ2) is 11.5. The molecule has 1 heterocycles. The van der Waals surface area contributed by atoms with Crippen LogP contribution in [0.25, 0.3) is 6.08 Å². The molecule has 0 aliphatic carbocycles. The van der Waals surface area contributed by atoms with Crippen LogP contribution < -0.4 is 10.1 Å². The zero-order chi connectivity index (χ0) is 27.4. The van der Waals surface area contributed by atoms with Gasteiger partial charge in [-0.3, -0.25) is 19.3 Å². The number of amides is 3. The molecule has 0 saturated carbocycles. The molecule has 1 aliphatic rings. The van der Waals surface area contributed by atoms with E-state index in [9.17, 15) is 27.6 Å². The van der Waals surface area contributed by atoms with Crippen LogP contribution in [0.3, 0.4) is 0 Å². The number of carbonyl (C=O) groups is 3. The fourth-order valence-electron chi connectivity index (χ4n) is 3.42. The molecule has 3 amide bonds. The summed E-state index contributed by atoms with van der Waals surface area (Å²) in [4.78, 5) is 38.5. The Balaban J connectivity index is 1.44. The highest BCUT2D eigenvalue weighted by Gasteiger charge is 2.36. The van der Waals surface area contributed by atoms with Gasteiger partial charge < -0.3 is 10.1 Å². The van der Waals surface area contributed by atoms with E-state index >= 15 is 0 Å². The fraction of sp³-hybridized carbons (Fsp3) is 0.115. The second-order valence-corrected chi connectivity index (χ2v) is 9.78. The SMILES string of the molecule is O=C(CN1C(=O)S/C(=C\c2ccccc2OCc2ccc(Cl)c(Cl)c2)C1=O)Nc1cccc(C(F)(F)F)c1. The molecule has 1 fully saturated rings. The zero-order valence-corrected chi connectivity index (χ0v) is 21.5. The molecule has 196 valence electrons. The van der Waals surface area contributed by atoms with Gasteiger partial charge in [-0.05, 0) is 59.8 Å². The third kappa shape index (κ3) is 6.69. The minimum absolute atomic E-state index is 0.0625. The quantitative estimate of drug-likeness (QED) is 0.297. The number of anilines is 1. The van der Waals surface area contributed by atoms with E-state index in [1.165, 1.54) is 12.1 Å². The number of imide groups is 1. The number of nitrogens with one attached hydrogen (secondary N) is 1. The van der Waals surface area contributed by atoms with Gasteiger partial charge in [0.25, 0.3) is 11.1 Å². The van der Waals surface area contributed by atoms with Crippen molar-refractivity contribution in [3.8, 4) is 5.75 Å². The van der Waals surface area contributed by atoms with Gasteiger partial charge in [0, 0.05) is 11.3 Å². The number of benzene rings is 3. The van der Waals surface area contributed by atoms with Crippen molar-refractivity contribution in [2.24, 2.45) is 0 Å². The molecule has 0 radical (unpaired) electrons. The van der Waals surface area contributed by atoms with E-state index in [2.05, 4.69) is 5.32 Å². The molecule has 0 aromatic heterocycles. The number of ether oxygens (including phenoxy) is 1. The monoisotopic (exact) mass is 580 g/mol. The van der Waals surface area contributed by atoms with Gasteiger partial charge in [-0.1, -0.05) is 53.5 Å². The van der Waals surface area contributed by atoms with Crippen LogP contribution in [0.4, 0.5) is 23.7 Å². The lowest BCUT2D eigenvalue weighted by atomic mass is 10.1. The van der Waals surface area contributed by atoms with Crippen molar-refractivity contribution in [1.82, 2.24) is 4.90 Å². The van der Waals surface area contributed by atoms with Crippen LogP contribution >= 0.6 is 35.0 Å². The fourth-order valence-corrected chi connectivity index (χ4v) is 4.57. The first-order chi connectivity index (χ1) is 18.0. The first kappa shape index (κ1) is 27.6. The van der Waals surface area contributed by atoms with Crippen molar-refractivity contribution in [2.45, 2.75) is 12.8 Å². The smallest absolute Gasteiger partial charge is 0.416 e. The summed E-state index contributed by atoms with van der Waals surface area (Å²) in [6.45, 7) is -0.493. The molecule has 3 aromatic rings. The molecule has 1 saturated heterocycles. The van der Waals surface area contributed by atoms with E-state index in [1.54, 1.807) is 42.5 Å². The van der Waals surface area contributed by atoms with E-state index in [0.29, 0.717) is 33.1 Å². The average molecular weight is 581 g/mol. The summed E-state index contributed by atoms with van der Waals surface area (Å²) >= 11 is 12.6. The lowest BCUT2D eigenvalue weighted by molar-refractivity contribution is -0.137. The van der Waals surface area contributed by atoms with E-state index < -0.39 is 35.3 Å². The standard InChI is InChI=1S/C26H17Cl2F3N2O4S/c27-19-9-8-15(10-20(19)28)14-37-21-7-2-1-4-16(21)11-22-24(35)33(25(36)38-22)13-23(34)32-18-6-3-5-17(12-18)26(29,30)31/h1-12H,13-14H2,(H,32,34)/b22-11-. The van der Waals surface area contributed by atoms with Gasteiger partial charge in [-0.15, -0.1) is 0 Å². The van der Waals surface area contributed by atoms with Gasteiger partial charge in [-0.25, -0.2) is 0 Å². The number of para-hydroxylation sites is 1. The average Bonchev–Trinajstić information content (AvgIpc) is 3.12. The maximum absolute atomic E-state index is 12.9. The number of rotatable bonds is 7. The van der Waals surface area contributed by atoms with Crippen LogP contribution in [0.15, 0.2) is 71.6 Å². The highest BCUT2D eigenvalue weighted by atomic mass is 35.5. The zero-order valence-electron chi connectivity index (χ0n) is 19.2. The third-order valence-corrected chi connectivity index (χ3v) is 6.88. The Labute approximate surface area is 229 Å². The molecule has 6 nitrogen and oxygen atoms in total. The molecule has 12 heteroatoms. The molecule has 0 unspecified atom stereocenters. The summed E-state index contributed by atoms with van der Waals surface area (Å²) in [5, 5.41) is 2.39. The van der Waals surface area contributed by atoms with Gasteiger partial charge in [0.15, 0.2) is 0 Å². The van der Waals surface area contributed by atoms with Crippen LogP contribution in [-0.4, -0.2) is 28.5 Å². The highest BCUT2D eigenvalue weighted by molar-refractivity contribution is 8.18. The van der Waals surface area contributed by atoms with Crippen LogP contribution in [0.5, 0.6) is 5.75 Å². The maximum Gasteiger partial charge on any atom is 0.416 e. The first-order valence-electron chi connectivity index (χ1n) is 10.9. The Morgan fingerprint density at radius 3 is 2.50 bits per heavy atom. The third-order valence-electron chi connectivity index (χ3n) is 5.23. The maximum atomic E-state index is 12.9. The number of carbonyl (C=O) groups excluding carboxylic acids is 3. The number of nitrogens with zero attached hydrogens (tertiary/aromatic N) is 1. The van der Waals surface area contributed by atoms with Gasteiger partial charge in [0.2, 0.25) is 5.91 Å². The molecule has 38 heavy (non-hydrogen) atoms. The topological polar surface area (TPSA) is 75.7 Å². The van der Waals surface area contributed by atoms with E-state index in [4.69, 9.17) is 27.9 Å². The van der Waals surface area contributed by atoms with Crippen molar-refractivity contribution in [3.63, 3.8) is 0 Å². The Morgan fingerprint density at radius 2 is 1.76 bits per heavy atom. The van der Waals surface area contributed by atoms with Gasteiger partial charge in [0.05, 0.1) is 20.5 Å². The Kier molecular flexibility index (Phi) is 8.35. The van der Waals surface area contributed by atoms with Crippen LogP contribution in [0.2, 0.25) is 10.0 Å². The van der Waals surface area contributed by atoms with Crippen LogP contribution in [0, 0.1) is 0 Å². The summed E-state index contributed by atoms with van der Waals surface area (Å²) < 4.78 is 44.6. The predicted octanol–water partition coefficient (Wildman–Crippen LogP) is 7.27. The van der Waals surface area contributed by atoms with E-state index in [0.717, 1.165) is 28.7 Å². The Hall–Kier alpha value is -3.47. The number of halogens is 5. The van der Waals surface area contributed by atoms with E-state index in [-0.39, 0.29) is 17.2 Å². The molecule has 0 spiro atoms. The lowest BCUT2D eigenvalue weighted by Gasteiger charge is -2.13. The summed E-state index contributed by atoms with van der Waals surface area (Å²) in [6.07, 6.45) is -3.11. The van der Waals surface area contributed by atoms with Crippen molar-refractivity contribution >= 4 is 63.8 Å². The summed E-state index contributed by atoms with van der Waals surface area (Å²) in [5.41, 5.74) is 0.234. The minimum Gasteiger partial charge on any atom is -0.488 e. The van der Waals surface area contributed by atoms with Crippen LogP contribution in [0.1, 0.15) is 16.7 Å². The van der Waals surface area contributed by atoms with Crippen molar-refractivity contribution < 1.29 is 32.3 Å². The molecule has 4 rings (SSSR count). The predicted molar refractivity (Wildman–Crippen MR) is 140 cm³/mol. The molecule has 0 atom stereocenters. The molecule has 1 aliphatic heterocycles. The number of hydrogen-bond donors (Lipinski definition) is 1. The van der Waals surface area contributed by atoms with Crippen molar-refractivity contribution in [3.05, 3.63) is 98.4 Å². The van der Waals surface area contributed by atoms with Crippen LogP contribution in [-0.2, 0) is 22.4 Å². The summed E-state index contributed by atoms with van der Waals surface area (Å²) in [6, 6.07) is 16.0. The number of thioether (sulfide) groups is 1. The van der Waals surface area contributed by atoms with Gasteiger partial charge in [0.1, 0.15) is 18.9 Å². The number of alkyl halides is 3. The van der Waals surface area contributed by atoms with E-state index in [1.807, 2.05) is 0 Å². The summed E-state index contributed by atoms with van der Waals surface area (Å²) in [7, 11) is 0. The highest BCUT2D eigenvalue weighted by Crippen LogP contribution is 2.35. The molecular formula is C26H17Cl2F3N2O4S. The normalized spacial score (nSPS) is 14.8. The minimum atomic E-state index is -4.58. The van der Waals surface area contributed by atoms with Crippen molar-refractivity contribution in [1.29, 1.82) is 0 Å². The lowest BCUT2D eigenvalue weighted by Crippen LogP contribution is -2.36. The van der Waals surface area contributed by atoms with Gasteiger partial charge in [-0.2, -0.15) is 13.2 Å². The first-order valence-corrected chi connectivity index (χ1v) is 12.5. The molecular weight excluding hydrogens is 564 g/mol. The molecule has 1 N–H and O–H groups in total. The molecule has 3 aromatic carbocycles. The Bertz CT molecular complexity index is 1450. The van der Waals surface area contributed by atoms with Gasteiger partial charge >= 0.3 is 6.18 Å². The largest absolute Gasteiger partial charge is 0.488 e. The second-order valence-electron chi connectivity index (χ2n) is 7.97. The number of hydrogen-bond acceptors (Lipinski definition) is 5.